The minimum atomic E-state index is -0.774. The van der Waals surface area contributed by atoms with Gasteiger partial charge in [-0.2, -0.15) is 12.6 Å². The first kappa shape index (κ1) is 51.8. The molecule has 342 valence electrons. The average molecular weight is 888 g/mol. The van der Waals surface area contributed by atoms with Gasteiger partial charge in [-0.05, 0) is 56.7 Å². The molecular formula is C45H73N7O7S2. The van der Waals surface area contributed by atoms with E-state index in [2.05, 4.69) is 33.6 Å². The number of carbonyl (C=O) groups excluding carboxylic acids is 5. The number of likely N-dealkylation sites (tertiary alicyclic amines) is 1. The number of aromatic nitrogens is 1. The van der Waals surface area contributed by atoms with Crippen molar-refractivity contribution in [3.63, 3.8) is 0 Å². The Morgan fingerprint density at radius 1 is 0.951 bits per heavy atom. The van der Waals surface area contributed by atoms with Crippen LogP contribution in [0.5, 0.6) is 0 Å². The summed E-state index contributed by atoms with van der Waals surface area (Å²) >= 11 is 5.49. The molecule has 0 saturated carbocycles. The second-order valence-electron chi connectivity index (χ2n) is 17.3. The molecule has 1 saturated heterocycles. The number of hydrogen-bond donors (Lipinski definition) is 4. The number of ether oxygens (including phenoxy) is 2. The Kier molecular flexibility index (Phi) is 21.1. The lowest BCUT2D eigenvalue weighted by Gasteiger charge is -2.41. The van der Waals surface area contributed by atoms with E-state index in [9.17, 15) is 24.0 Å². The van der Waals surface area contributed by atoms with Crippen molar-refractivity contribution < 1.29 is 33.4 Å². The molecule has 5 amide bonds. The summed E-state index contributed by atoms with van der Waals surface area (Å²) in [5.74, 6) is -1.49. The van der Waals surface area contributed by atoms with E-state index in [0.717, 1.165) is 18.4 Å². The van der Waals surface area contributed by atoms with Crippen LogP contribution in [0.4, 0.5) is 0 Å². The molecule has 1 fully saturated rings. The Morgan fingerprint density at radius 3 is 2.18 bits per heavy atom. The van der Waals surface area contributed by atoms with Gasteiger partial charge in [-0.15, -0.1) is 11.3 Å². The fraction of sp³-hybridized carbons (Fsp3) is 0.689. The van der Waals surface area contributed by atoms with Crippen molar-refractivity contribution >= 4 is 53.5 Å². The van der Waals surface area contributed by atoms with E-state index in [-0.39, 0.29) is 65.4 Å². The lowest BCUT2D eigenvalue weighted by Crippen LogP contribution is -2.59. The Bertz CT molecular complexity index is 1700. The lowest BCUT2D eigenvalue weighted by molar-refractivity contribution is -0.148. The minimum absolute atomic E-state index is 0.0124. The maximum absolute atomic E-state index is 14.4. The molecule has 3 rings (SSSR count). The van der Waals surface area contributed by atoms with E-state index in [0.29, 0.717) is 36.7 Å². The summed E-state index contributed by atoms with van der Waals surface area (Å²) in [6.07, 6.45) is 1.33. The van der Waals surface area contributed by atoms with Gasteiger partial charge in [0.05, 0.1) is 48.7 Å². The van der Waals surface area contributed by atoms with Gasteiger partial charge in [-0.25, -0.2) is 4.98 Å². The number of benzene rings is 1. The van der Waals surface area contributed by atoms with Gasteiger partial charge in [0.2, 0.25) is 23.6 Å². The van der Waals surface area contributed by atoms with E-state index in [4.69, 9.17) is 9.47 Å². The van der Waals surface area contributed by atoms with Crippen molar-refractivity contribution in [1.29, 1.82) is 0 Å². The van der Waals surface area contributed by atoms with Gasteiger partial charge in [0.25, 0.3) is 5.91 Å². The molecule has 14 nitrogen and oxygen atoms in total. The molecule has 3 N–H and O–H groups in total. The molecule has 0 aliphatic carbocycles. The maximum Gasteiger partial charge on any atom is 0.270 e. The Labute approximate surface area is 374 Å². The number of hydrogen-bond acceptors (Lipinski definition) is 11. The lowest BCUT2D eigenvalue weighted by atomic mass is 9.89. The third kappa shape index (κ3) is 14.0. The summed E-state index contributed by atoms with van der Waals surface area (Å²) in [5, 5.41) is 11.3. The highest BCUT2D eigenvalue weighted by Crippen LogP contribution is 2.31. The molecule has 1 aromatic carbocycles. The van der Waals surface area contributed by atoms with Crippen LogP contribution in [0, 0.1) is 23.7 Å². The Hall–Kier alpha value is -3.57. The zero-order valence-electron chi connectivity index (χ0n) is 38.5. The summed E-state index contributed by atoms with van der Waals surface area (Å²) in [5.41, 5.74) is 1.28. The van der Waals surface area contributed by atoms with Gasteiger partial charge in [0.15, 0.2) is 0 Å². The highest BCUT2D eigenvalue weighted by molar-refractivity contribution is 7.80. The summed E-state index contributed by atoms with van der Waals surface area (Å²) in [6, 6.07) is 7.24. The second-order valence-corrected chi connectivity index (χ2v) is 18.6. The number of rotatable bonds is 24. The normalized spacial score (nSPS) is 18.2. The van der Waals surface area contributed by atoms with Crippen molar-refractivity contribution in [2.75, 3.05) is 54.2 Å². The number of likely N-dealkylation sites (N-methyl/N-ethyl adjacent to an activating group) is 2. The van der Waals surface area contributed by atoms with Gasteiger partial charge < -0.3 is 35.2 Å². The van der Waals surface area contributed by atoms with Crippen LogP contribution in [0.1, 0.15) is 101 Å². The third-order valence-corrected chi connectivity index (χ3v) is 13.2. The first-order valence-corrected chi connectivity index (χ1v) is 23.2. The topological polar surface area (TPSA) is 163 Å². The largest absolute Gasteiger partial charge is 0.379 e. The highest BCUT2D eigenvalue weighted by atomic mass is 32.1. The fourth-order valence-corrected chi connectivity index (χ4v) is 9.54. The van der Waals surface area contributed by atoms with Crippen LogP contribution in [-0.2, 0) is 35.1 Å². The first-order valence-electron chi connectivity index (χ1n) is 21.7. The van der Waals surface area contributed by atoms with Crippen LogP contribution in [0.25, 0.3) is 0 Å². The molecule has 61 heavy (non-hydrogen) atoms. The summed E-state index contributed by atoms with van der Waals surface area (Å²) < 4.78 is 12.1. The molecule has 0 spiro atoms. The smallest absolute Gasteiger partial charge is 0.270 e. The minimum Gasteiger partial charge on any atom is -0.379 e. The van der Waals surface area contributed by atoms with Crippen LogP contribution < -0.4 is 16.0 Å². The predicted molar refractivity (Wildman–Crippen MR) is 245 cm³/mol. The quantitative estimate of drug-likeness (QED) is 0.108. The first-order chi connectivity index (χ1) is 28.9. The number of nitrogens with one attached hydrogen (secondary N) is 3. The van der Waals surface area contributed by atoms with E-state index in [1.54, 1.807) is 31.5 Å². The molecule has 16 heteroatoms. The zero-order chi connectivity index (χ0) is 45.6. The molecule has 2 aromatic rings. The number of carbonyl (C=O) groups is 5. The van der Waals surface area contributed by atoms with Crippen LogP contribution >= 0.6 is 24.0 Å². The fourth-order valence-electron chi connectivity index (χ4n) is 8.58. The standard InChI is InChI=1S/C45H73N7O7S2/c1-13-29(6)39(51(10)45(57)37(27(2)3)49-43(56)38(28(4)5)50(8)9)35(58-11)25-36(53)52-22-17-20-34(52)40(59-12)30(7)41(54)47-32(24-31-18-15-14-16-19-31)44-48-33(26-61-44)42(55)46-21-23-60/h14-16,18-19,26-30,32,34-35,37-40,60H,13,17,20-25H2,1-12H3,(H,46,55)(H,47,54)(H,49,56)/t29-,30+,32-,34-,35+,37-,38-,39-,40+/m0/s1. The maximum atomic E-state index is 14.4. The Balaban J connectivity index is 1.82. The van der Waals surface area contributed by atoms with Crippen LogP contribution in [-0.4, -0.2) is 140 Å². The van der Waals surface area contributed by atoms with Gasteiger partial charge in [0, 0.05) is 45.5 Å². The van der Waals surface area contributed by atoms with Gasteiger partial charge >= 0.3 is 0 Å². The number of nitrogens with zero attached hydrogens (tertiary/aromatic N) is 4. The van der Waals surface area contributed by atoms with Crippen molar-refractivity contribution in [3.8, 4) is 0 Å². The molecule has 1 aliphatic rings. The number of amides is 5. The number of methoxy groups -OCH3 is 2. The summed E-state index contributed by atoms with van der Waals surface area (Å²) in [6.45, 7) is 14.6. The van der Waals surface area contributed by atoms with Gasteiger partial charge in [-0.1, -0.05) is 85.2 Å². The van der Waals surface area contributed by atoms with E-state index in [1.165, 1.54) is 11.3 Å². The monoisotopic (exact) mass is 888 g/mol. The van der Waals surface area contributed by atoms with Crippen molar-refractivity contribution in [2.24, 2.45) is 23.7 Å². The average Bonchev–Trinajstić information content (AvgIpc) is 3.92. The number of thiol groups is 1. The van der Waals surface area contributed by atoms with Gasteiger partial charge in [-0.3, -0.25) is 28.9 Å². The molecular weight excluding hydrogens is 815 g/mol. The summed E-state index contributed by atoms with van der Waals surface area (Å²) in [7, 11) is 8.58. The number of thiazole rings is 1. The van der Waals surface area contributed by atoms with E-state index in [1.807, 2.05) is 103 Å². The Morgan fingerprint density at radius 2 is 1.62 bits per heavy atom. The van der Waals surface area contributed by atoms with E-state index < -0.39 is 42.3 Å². The van der Waals surface area contributed by atoms with Crippen molar-refractivity contribution in [2.45, 2.75) is 123 Å². The molecule has 2 heterocycles. The molecule has 0 radical (unpaired) electrons. The molecule has 1 aromatic heterocycles. The molecule has 0 unspecified atom stereocenters. The van der Waals surface area contributed by atoms with E-state index >= 15 is 0 Å². The molecule has 0 bridgehead atoms. The molecule has 1 aliphatic heterocycles. The van der Waals surface area contributed by atoms with Gasteiger partial charge in [0.1, 0.15) is 16.7 Å². The summed E-state index contributed by atoms with van der Waals surface area (Å²) in [4.78, 5) is 79.1. The highest BCUT2D eigenvalue weighted by Gasteiger charge is 2.43. The van der Waals surface area contributed by atoms with Crippen LogP contribution in [0.2, 0.25) is 0 Å². The molecule has 9 atom stereocenters. The van der Waals surface area contributed by atoms with Crippen LogP contribution in [0.3, 0.4) is 0 Å². The SMILES string of the molecule is CC[C@H](C)[C@@H]([C@@H](CC(=O)N1CCC[C@H]1[C@H](OC)[C@@H](C)C(=O)N[C@@H](Cc1ccccc1)c1nc(C(=O)NCCS)cs1)OC)N(C)C(=O)[C@@H](NC(=O)[C@H](C(C)C)N(C)C)C(C)C. The predicted octanol–water partition coefficient (Wildman–Crippen LogP) is 4.85. The third-order valence-electron chi connectivity index (χ3n) is 12.0. The van der Waals surface area contributed by atoms with Crippen molar-refractivity contribution in [3.05, 3.63) is 52.0 Å². The van der Waals surface area contributed by atoms with Crippen LogP contribution in [0.15, 0.2) is 35.7 Å². The van der Waals surface area contributed by atoms with Crippen molar-refractivity contribution in [1.82, 2.24) is 35.6 Å². The zero-order valence-corrected chi connectivity index (χ0v) is 40.2. The second kappa shape index (κ2) is 24.9.